The third kappa shape index (κ3) is 5.14. The van der Waals surface area contributed by atoms with Crippen LogP contribution in [0, 0.1) is 5.41 Å². The standard InChI is InChI=1S/C15H22O2/c1-15(2,3)14(17)11-13(16)10-9-12-7-5-4-6-8-12/h4-8,13,16H,9-11H2,1-3H3. The van der Waals surface area contributed by atoms with Crippen LogP contribution in [0.1, 0.15) is 39.2 Å². The van der Waals surface area contributed by atoms with E-state index in [2.05, 4.69) is 0 Å². The van der Waals surface area contributed by atoms with Crippen molar-refractivity contribution in [2.45, 2.75) is 46.1 Å². The van der Waals surface area contributed by atoms with Crippen LogP contribution in [0.15, 0.2) is 30.3 Å². The number of rotatable bonds is 5. The molecule has 0 saturated heterocycles. The number of ketones is 1. The van der Waals surface area contributed by atoms with E-state index in [1.807, 2.05) is 51.1 Å². The van der Waals surface area contributed by atoms with Gasteiger partial charge in [0.2, 0.25) is 0 Å². The molecule has 94 valence electrons. The molecule has 0 saturated carbocycles. The van der Waals surface area contributed by atoms with Crippen molar-refractivity contribution >= 4 is 5.78 Å². The Morgan fingerprint density at radius 1 is 1.24 bits per heavy atom. The summed E-state index contributed by atoms with van der Waals surface area (Å²) in [6.45, 7) is 5.66. The van der Waals surface area contributed by atoms with Gasteiger partial charge in [-0.3, -0.25) is 4.79 Å². The molecule has 0 amide bonds. The summed E-state index contributed by atoms with van der Waals surface area (Å²) in [6, 6.07) is 10.0. The number of carbonyl (C=O) groups excluding carboxylic acids is 1. The van der Waals surface area contributed by atoms with E-state index in [9.17, 15) is 9.90 Å². The molecule has 0 aromatic heterocycles. The molecule has 0 heterocycles. The highest BCUT2D eigenvalue weighted by Crippen LogP contribution is 2.19. The lowest BCUT2D eigenvalue weighted by molar-refractivity contribution is -0.128. The molecular formula is C15H22O2. The zero-order valence-corrected chi connectivity index (χ0v) is 10.9. The molecule has 1 aromatic carbocycles. The van der Waals surface area contributed by atoms with Gasteiger partial charge in [0, 0.05) is 11.8 Å². The van der Waals surface area contributed by atoms with Gasteiger partial charge in [-0.15, -0.1) is 0 Å². The quantitative estimate of drug-likeness (QED) is 0.850. The Bertz CT molecular complexity index is 349. The molecule has 1 atom stereocenters. The second kappa shape index (κ2) is 5.97. The van der Waals surface area contributed by atoms with Gasteiger partial charge >= 0.3 is 0 Å². The number of hydrogen-bond acceptors (Lipinski definition) is 2. The van der Waals surface area contributed by atoms with Gasteiger partial charge < -0.3 is 5.11 Å². The summed E-state index contributed by atoms with van der Waals surface area (Å²) in [6.07, 6.45) is 1.20. The lowest BCUT2D eigenvalue weighted by atomic mass is 9.87. The van der Waals surface area contributed by atoms with Gasteiger partial charge in [-0.05, 0) is 18.4 Å². The molecule has 1 aromatic rings. The van der Waals surface area contributed by atoms with Crippen LogP contribution in [-0.2, 0) is 11.2 Å². The molecular weight excluding hydrogens is 212 g/mol. The number of aryl methyl sites for hydroxylation is 1. The van der Waals surface area contributed by atoms with E-state index < -0.39 is 6.10 Å². The van der Waals surface area contributed by atoms with Crippen molar-refractivity contribution in [3.8, 4) is 0 Å². The van der Waals surface area contributed by atoms with Crippen molar-refractivity contribution in [2.75, 3.05) is 0 Å². The fourth-order valence-corrected chi connectivity index (χ4v) is 1.60. The molecule has 0 aliphatic carbocycles. The molecule has 2 heteroatoms. The number of carbonyl (C=O) groups is 1. The fraction of sp³-hybridized carbons (Fsp3) is 0.533. The smallest absolute Gasteiger partial charge is 0.140 e. The van der Waals surface area contributed by atoms with Crippen molar-refractivity contribution in [3.63, 3.8) is 0 Å². The first kappa shape index (κ1) is 13.9. The van der Waals surface area contributed by atoms with E-state index >= 15 is 0 Å². The van der Waals surface area contributed by atoms with Gasteiger partial charge in [-0.2, -0.15) is 0 Å². The van der Waals surface area contributed by atoms with E-state index in [1.165, 1.54) is 5.56 Å². The first-order valence-corrected chi connectivity index (χ1v) is 6.15. The second-order valence-corrected chi connectivity index (χ2v) is 5.56. The zero-order chi connectivity index (χ0) is 12.9. The van der Waals surface area contributed by atoms with Crippen LogP contribution in [0.4, 0.5) is 0 Å². The summed E-state index contributed by atoms with van der Waals surface area (Å²) in [5, 5.41) is 9.82. The van der Waals surface area contributed by atoms with Crippen LogP contribution in [0.3, 0.4) is 0 Å². The summed E-state index contributed by atoms with van der Waals surface area (Å²) in [7, 11) is 0. The van der Waals surface area contributed by atoms with E-state index in [-0.39, 0.29) is 17.6 Å². The van der Waals surface area contributed by atoms with Crippen LogP contribution >= 0.6 is 0 Å². The van der Waals surface area contributed by atoms with Crippen LogP contribution in [0.5, 0.6) is 0 Å². The maximum absolute atomic E-state index is 11.7. The maximum Gasteiger partial charge on any atom is 0.140 e. The highest BCUT2D eigenvalue weighted by Gasteiger charge is 2.23. The molecule has 0 aliphatic heterocycles. The van der Waals surface area contributed by atoms with Crippen LogP contribution < -0.4 is 0 Å². The van der Waals surface area contributed by atoms with Crippen molar-refractivity contribution in [3.05, 3.63) is 35.9 Å². The largest absolute Gasteiger partial charge is 0.393 e. The Morgan fingerprint density at radius 3 is 2.35 bits per heavy atom. The first-order valence-electron chi connectivity index (χ1n) is 6.15. The van der Waals surface area contributed by atoms with E-state index in [0.29, 0.717) is 6.42 Å². The normalized spacial score (nSPS) is 13.4. The minimum Gasteiger partial charge on any atom is -0.393 e. The third-order valence-electron chi connectivity index (χ3n) is 2.87. The average Bonchev–Trinajstić information content (AvgIpc) is 2.26. The third-order valence-corrected chi connectivity index (χ3v) is 2.87. The molecule has 1 N–H and O–H groups in total. The Labute approximate surface area is 104 Å². The highest BCUT2D eigenvalue weighted by atomic mass is 16.3. The summed E-state index contributed by atoms with van der Waals surface area (Å²) in [4.78, 5) is 11.7. The summed E-state index contributed by atoms with van der Waals surface area (Å²) in [5.41, 5.74) is 0.850. The minimum absolute atomic E-state index is 0.123. The fourth-order valence-electron chi connectivity index (χ4n) is 1.60. The highest BCUT2D eigenvalue weighted by molar-refractivity contribution is 5.83. The number of aliphatic hydroxyl groups excluding tert-OH is 1. The van der Waals surface area contributed by atoms with Gasteiger partial charge in [-0.1, -0.05) is 51.1 Å². The van der Waals surface area contributed by atoms with Gasteiger partial charge in [0.25, 0.3) is 0 Å². The Kier molecular flexibility index (Phi) is 4.88. The zero-order valence-electron chi connectivity index (χ0n) is 10.9. The Balaban J connectivity index is 2.36. The number of aliphatic hydroxyl groups is 1. The van der Waals surface area contributed by atoms with Gasteiger partial charge in [0.1, 0.15) is 5.78 Å². The van der Waals surface area contributed by atoms with Crippen molar-refractivity contribution in [1.29, 1.82) is 0 Å². The summed E-state index contributed by atoms with van der Waals surface area (Å²) >= 11 is 0. The number of hydrogen-bond donors (Lipinski definition) is 1. The van der Waals surface area contributed by atoms with E-state index in [0.717, 1.165) is 6.42 Å². The monoisotopic (exact) mass is 234 g/mol. The second-order valence-electron chi connectivity index (χ2n) is 5.56. The predicted molar refractivity (Wildman–Crippen MR) is 69.8 cm³/mol. The van der Waals surface area contributed by atoms with Crippen molar-refractivity contribution in [1.82, 2.24) is 0 Å². The first-order chi connectivity index (χ1) is 7.89. The number of Topliss-reactive ketones (excluding diaryl/α,β-unsaturated/α-hetero) is 1. The minimum atomic E-state index is -0.526. The summed E-state index contributed by atoms with van der Waals surface area (Å²) in [5.74, 6) is 0.123. The van der Waals surface area contributed by atoms with Gasteiger partial charge in [0.05, 0.1) is 6.10 Å². The van der Waals surface area contributed by atoms with E-state index in [4.69, 9.17) is 0 Å². The van der Waals surface area contributed by atoms with Crippen molar-refractivity contribution < 1.29 is 9.90 Å². The predicted octanol–water partition coefficient (Wildman–Crippen LogP) is 2.99. The van der Waals surface area contributed by atoms with Crippen LogP contribution in [0.25, 0.3) is 0 Å². The SMILES string of the molecule is CC(C)(C)C(=O)CC(O)CCc1ccccc1. The average molecular weight is 234 g/mol. The van der Waals surface area contributed by atoms with E-state index in [1.54, 1.807) is 0 Å². The Hall–Kier alpha value is -1.15. The lowest BCUT2D eigenvalue weighted by Gasteiger charge is -2.19. The molecule has 2 nitrogen and oxygen atoms in total. The van der Waals surface area contributed by atoms with Gasteiger partial charge in [0.15, 0.2) is 0 Å². The lowest BCUT2D eigenvalue weighted by Crippen LogP contribution is -2.25. The molecule has 1 unspecified atom stereocenters. The van der Waals surface area contributed by atoms with Crippen LogP contribution in [-0.4, -0.2) is 17.0 Å². The Morgan fingerprint density at radius 2 is 1.82 bits per heavy atom. The molecule has 1 rings (SSSR count). The van der Waals surface area contributed by atoms with Gasteiger partial charge in [-0.25, -0.2) is 0 Å². The maximum atomic E-state index is 11.7. The van der Waals surface area contributed by atoms with Crippen LogP contribution in [0.2, 0.25) is 0 Å². The molecule has 0 fully saturated rings. The molecule has 17 heavy (non-hydrogen) atoms. The molecule has 0 aliphatic rings. The topological polar surface area (TPSA) is 37.3 Å². The summed E-state index contributed by atoms with van der Waals surface area (Å²) < 4.78 is 0. The van der Waals surface area contributed by atoms with Crippen molar-refractivity contribution in [2.24, 2.45) is 5.41 Å². The molecule has 0 bridgehead atoms. The number of benzene rings is 1. The molecule has 0 spiro atoms. The molecule has 0 radical (unpaired) electrons.